The van der Waals surface area contributed by atoms with E-state index in [0.29, 0.717) is 0 Å². The van der Waals surface area contributed by atoms with Crippen LogP contribution in [0.3, 0.4) is 0 Å². The molecule has 1 rings (SSSR count). The molecule has 23 heavy (non-hydrogen) atoms. The number of hydrogen-bond acceptors (Lipinski definition) is 8. The summed E-state index contributed by atoms with van der Waals surface area (Å²) in [5, 5.41) is 10.2. The normalized spacial score (nSPS) is 14.3. The molecule has 10 nitrogen and oxygen atoms in total. The Morgan fingerprint density at radius 1 is 1.39 bits per heavy atom. The van der Waals surface area contributed by atoms with Gasteiger partial charge in [0.1, 0.15) is 6.61 Å². The van der Waals surface area contributed by atoms with E-state index in [1.807, 2.05) is 0 Å². The molecule has 0 radical (unpaired) electrons. The maximum atomic E-state index is 11.9. The highest BCUT2D eigenvalue weighted by Gasteiger charge is 2.23. The third-order valence-corrected chi connectivity index (χ3v) is 3.34. The average Bonchev–Trinajstić information content (AvgIpc) is 2.44. The molecule has 11 heteroatoms. The van der Waals surface area contributed by atoms with E-state index in [0.717, 1.165) is 10.8 Å². The second kappa shape index (κ2) is 7.44. The van der Waals surface area contributed by atoms with Gasteiger partial charge in [-0.1, -0.05) is 0 Å². The molecule has 1 aromatic rings. The predicted octanol–water partition coefficient (Wildman–Crippen LogP) is -0.618. The third-order valence-electron chi connectivity index (χ3n) is 2.79. The molecule has 1 atom stereocenters. The summed E-state index contributed by atoms with van der Waals surface area (Å²) in [7, 11) is -1.37. The van der Waals surface area contributed by atoms with Crippen LogP contribution in [-0.2, 0) is 23.8 Å². The monoisotopic (exact) mass is 350 g/mol. The smallest absolute Gasteiger partial charge is 0.330 e. The van der Waals surface area contributed by atoms with Gasteiger partial charge in [0.05, 0.1) is 13.4 Å². The van der Waals surface area contributed by atoms with E-state index < -0.39 is 40.0 Å². The summed E-state index contributed by atoms with van der Waals surface area (Å²) >= 11 is 0. The van der Waals surface area contributed by atoms with Crippen LogP contribution < -0.4 is 11.2 Å². The lowest BCUT2D eigenvalue weighted by atomic mass is 10.3. The Morgan fingerprint density at radius 2 is 2.00 bits per heavy atom. The standard InChI is InChI=1S/C12H18N2O8S/c1-7-5-14(12(17)13-10(7)16)11(21-3)9(15)8(20-2)6-22-23(4,18)19/h5,11,15H,6H2,1-4H3,(H,13,16,17)/b9-8-/t11-/m0/s1. The fourth-order valence-electron chi connectivity index (χ4n) is 1.65. The molecule has 0 aromatic carbocycles. The number of hydrogen-bond donors (Lipinski definition) is 2. The summed E-state index contributed by atoms with van der Waals surface area (Å²) in [6.45, 7) is 0.879. The van der Waals surface area contributed by atoms with Crippen LogP contribution in [0.1, 0.15) is 11.8 Å². The fourth-order valence-corrected chi connectivity index (χ4v) is 1.97. The van der Waals surface area contributed by atoms with Crippen LogP contribution in [0.5, 0.6) is 0 Å². The predicted molar refractivity (Wildman–Crippen MR) is 79.6 cm³/mol. The highest BCUT2D eigenvalue weighted by Crippen LogP contribution is 2.19. The van der Waals surface area contributed by atoms with Gasteiger partial charge in [0.2, 0.25) is 0 Å². The van der Waals surface area contributed by atoms with Crippen molar-refractivity contribution in [2.75, 3.05) is 27.1 Å². The van der Waals surface area contributed by atoms with Gasteiger partial charge in [-0.3, -0.25) is 18.5 Å². The molecule has 2 N–H and O–H groups in total. The van der Waals surface area contributed by atoms with Crippen LogP contribution in [0.15, 0.2) is 27.3 Å². The zero-order valence-corrected chi connectivity index (χ0v) is 13.8. The Morgan fingerprint density at radius 3 is 2.48 bits per heavy atom. The number of nitrogens with zero attached hydrogens (tertiary/aromatic N) is 1. The lowest BCUT2D eigenvalue weighted by Gasteiger charge is -2.19. The van der Waals surface area contributed by atoms with Crippen LogP contribution in [-0.4, -0.2) is 50.2 Å². The summed E-state index contributed by atoms with van der Waals surface area (Å²) in [4.78, 5) is 25.3. The van der Waals surface area contributed by atoms with Crippen molar-refractivity contribution in [3.63, 3.8) is 0 Å². The summed E-state index contributed by atoms with van der Waals surface area (Å²) < 4.78 is 37.4. The number of aromatic amines is 1. The molecule has 130 valence electrons. The first-order chi connectivity index (χ1) is 10.6. The minimum Gasteiger partial charge on any atom is -0.505 e. The van der Waals surface area contributed by atoms with Crippen LogP contribution in [0.2, 0.25) is 0 Å². The van der Waals surface area contributed by atoms with Crippen LogP contribution in [0, 0.1) is 6.92 Å². The van der Waals surface area contributed by atoms with Crippen molar-refractivity contribution in [1.82, 2.24) is 9.55 Å². The summed E-state index contributed by atoms with van der Waals surface area (Å²) in [5.74, 6) is -0.828. The van der Waals surface area contributed by atoms with Gasteiger partial charge in [0, 0.05) is 18.9 Å². The number of methoxy groups -OCH3 is 2. The van der Waals surface area contributed by atoms with Gasteiger partial charge in [-0.25, -0.2) is 4.79 Å². The van der Waals surface area contributed by atoms with Gasteiger partial charge in [-0.15, -0.1) is 0 Å². The molecule has 0 spiro atoms. The Balaban J connectivity index is 3.31. The van der Waals surface area contributed by atoms with Gasteiger partial charge >= 0.3 is 5.69 Å². The molecule has 0 amide bonds. The lowest BCUT2D eigenvalue weighted by Crippen LogP contribution is -2.35. The summed E-state index contributed by atoms with van der Waals surface area (Å²) in [5.41, 5.74) is -1.18. The third kappa shape index (κ3) is 4.94. The number of aromatic nitrogens is 2. The Labute approximate surface area is 132 Å². The Bertz CT molecular complexity index is 805. The lowest BCUT2D eigenvalue weighted by molar-refractivity contribution is 0.0250. The molecule has 0 saturated heterocycles. The highest BCUT2D eigenvalue weighted by molar-refractivity contribution is 7.85. The van der Waals surface area contributed by atoms with Gasteiger partial charge in [0.15, 0.2) is 17.7 Å². The highest BCUT2D eigenvalue weighted by atomic mass is 32.2. The van der Waals surface area contributed by atoms with Crippen molar-refractivity contribution < 1.29 is 27.2 Å². The van der Waals surface area contributed by atoms with E-state index in [4.69, 9.17) is 9.47 Å². The van der Waals surface area contributed by atoms with Crippen molar-refractivity contribution in [2.45, 2.75) is 13.2 Å². The van der Waals surface area contributed by atoms with Crippen LogP contribution in [0.25, 0.3) is 0 Å². The van der Waals surface area contributed by atoms with E-state index in [9.17, 15) is 23.1 Å². The number of ether oxygens (including phenoxy) is 2. The minimum atomic E-state index is -3.76. The topological polar surface area (TPSA) is 137 Å². The number of rotatable bonds is 7. The number of nitrogens with one attached hydrogen (secondary N) is 1. The van der Waals surface area contributed by atoms with Gasteiger partial charge in [0.25, 0.3) is 15.7 Å². The van der Waals surface area contributed by atoms with Crippen LogP contribution >= 0.6 is 0 Å². The fraction of sp³-hybridized carbons (Fsp3) is 0.500. The minimum absolute atomic E-state index is 0.214. The van der Waals surface area contributed by atoms with Crippen molar-refractivity contribution in [3.8, 4) is 0 Å². The van der Waals surface area contributed by atoms with Crippen molar-refractivity contribution >= 4 is 10.1 Å². The van der Waals surface area contributed by atoms with E-state index in [1.165, 1.54) is 27.3 Å². The molecule has 0 saturated carbocycles. The molecule has 0 aliphatic rings. The molecular weight excluding hydrogens is 332 g/mol. The largest absolute Gasteiger partial charge is 0.505 e. The maximum Gasteiger partial charge on any atom is 0.330 e. The zero-order valence-electron chi connectivity index (χ0n) is 13.0. The zero-order chi connectivity index (χ0) is 17.8. The number of aliphatic hydroxyl groups is 1. The first-order valence-electron chi connectivity index (χ1n) is 6.26. The molecule has 0 aliphatic heterocycles. The molecule has 1 aromatic heterocycles. The molecule has 0 aliphatic carbocycles. The molecular formula is C12H18N2O8S. The second-order valence-corrected chi connectivity index (χ2v) is 6.19. The van der Waals surface area contributed by atoms with Gasteiger partial charge in [-0.05, 0) is 6.92 Å². The van der Waals surface area contributed by atoms with E-state index in [-0.39, 0.29) is 11.3 Å². The number of aryl methyl sites for hydroxylation is 1. The van der Waals surface area contributed by atoms with E-state index >= 15 is 0 Å². The maximum absolute atomic E-state index is 11.9. The first kappa shape index (κ1) is 18.9. The van der Waals surface area contributed by atoms with Crippen molar-refractivity contribution in [1.29, 1.82) is 0 Å². The van der Waals surface area contributed by atoms with Gasteiger partial charge in [-0.2, -0.15) is 8.42 Å². The van der Waals surface area contributed by atoms with E-state index in [2.05, 4.69) is 9.17 Å². The second-order valence-electron chi connectivity index (χ2n) is 4.55. The van der Waals surface area contributed by atoms with Crippen LogP contribution in [0.4, 0.5) is 0 Å². The summed E-state index contributed by atoms with van der Waals surface area (Å²) in [6, 6.07) is 0. The van der Waals surface area contributed by atoms with Crippen molar-refractivity contribution in [2.24, 2.45) is 0 Å². The number of H-pyrrole nitrogens is 1. The molecule has 1 heterocycles. The molecule has 0 unspecified atom stereocenters. The van der Waals surface area contributed by atoms with E-state index in [1.54, 1.807) is 0 Å². The SMILES string of the molecule is CO/C(COS(C)(=O)=O)=C(\O)[C@H](OC)n1cc(C)c(=O)[nH]c1=O. The van der Waals surface area contributed by atoms with Gasteiger partial charge < -0.3 is 14.6 Å². The first-order valence-corrected chi connectivity index (χ1v) is 8.07. The number of aliphatic hydroxyl groups excluding tert-OH is 1. The summed E-state index contributed by atoms with van der Waals surface area (Å²) in [6.07, 6.45) is 0.688. The average molecular weight is 350 g/mol. The van der Waals surface area contributed by atoms with Crippen molar-refractivity contribution in [3.05, 3.63) is 44.1 Å². The molecule has 0 bridgehead atoms. The quantitative estimate of drug-likeness (QED) is 0.490. The Hall–Kier alpha value is -2.11. The Kier molecular flexibility index (Phi) is 6.12. The molecule has 0 fully saturated rings.